The summed E-state index contributed by atoms with van der Waals surface area (Å²) in [6, 6.07) is 1.11. The van der Waals surface area contributed by atoms with E-state index in [1.165, 1.54) is 38.9 Å². The topological polar surface area (TPSA) is 46.1 Å². The standard InChI is InChI=1S/C17H36N6.HI/c1-5-8-23-9-6-15(7-10-23)20-17(18-2)19-13-16-14-21(3)11-12-22(16)4;/h15-16H,5-14H2,1-4H3,(H2,18,19,20);1H. The minimum Gasteiger partial charge on any atom is -0.355 e. The van der Waals surface area contributed by atoms with Gasteiger partial charge in [-0.15, -0.1) is 24.0 Å². The molecular weight excluding hydrogens is 415 g/mol. The molecule has 2 N–H and O–H groups in total. The van der Waals surface area contributed by atoms with Gasteiger partial charge in [0.2, 0.25) is 0 Å². The van der Waals surface area contributed by atoms with E-state index in [0.717, 1.165) is 32.1 Å². The van der Waals surface area contributed by atoms with Crippen LogP contribution in [0.25, 0.3) is 0 Å². The second-order valence-electron chi connectivity index (χ2n) is 7.11. The number of likely N-dealkylation sites (tertiary alicyclic amines) is 1. The predicted octanol–water partition coefficient (Wildman–Crippen LogP) is 0.890. The van der Waals surface area contributed by atoms with Crippen LogP contribution in [0.5, 0.6) is 0 Å². The number of guanidine groups is 1. The fraction of sp³-hybridized carbons (Fsp3) is 0.941. The van der Waals surface area contributed by atoms with E-state index >= 15 is 0 Å². The number of likely N-dealkylation sites (N-methyl/N-ethyl adjacent to an activating group) is 2. The molecule has 6 nitrogen and oxygen atoms in total. The second kappa shape index (κ2) is 11.5. The highest BCUT2D eigenvalue weighted by Gasteiger charge is 2.23. The molecule has 2 saturated heterocycles. The lowest BCUT2D eigenvalue weighted by Gasteiger charge is -2.38. The van der Waals surface area contributed by atoms with Gasteiger partial charge in [-0.2, -0.15) is 0 Å². The highest BCUT2D eigenvalue weighted by molar-refractivity contribution is 14.0. The molecule has 0 spiro atoms. The summed E-state index contributed by atoms with van der Waals surface area (Å²) < 4.78 is 0. The Labute approximate surface area is 165 Å². The van der Waals surface area contributed by atoms with Crippen LogP contribution in [-0.4, -0.2) is 99.7 Å². The molecule has 2 fully saturated rings. The number of piperidine rings is 1. The summed E-state index contributed by atoms with van der Waals surface area (Å²) in [5.74, 6) is 0.959. The Morgan fingerprint density at radius 1 is 1.12 bits per heavy atom. The molecular formula is C17H37IN6. The third kappa shape index (κ3) is 7.01. The molecule has 142 valence electrons. The van der Waals surface area contributed by atoms with Crippen molar-refractivity contribution < 1.29 is 0 Å². The average molecular weight is 452 g/mol. The molecule has 7 heteroatoms. The summed E-state index contributed by atoms with van der Waals surface area (Å²) in [4.78, 5) is 11.8. The van der Waals surface area contributed by atoms with Crippen LogP contribution in [-0.2, 0) is 0 Å². The Bertz CT molecular complexity index is 370. The first kappa shape index (κ1) is 21.9. The monoisotopic (exact) mass is 452 g/mol. The van der Waals surface area contributed by atoms with Crippen molar-refractivity contribution in [1.82, 2.24) is 25.3 Å². The van der Waals surface area contributed by atoms with Crippen LogP contribution in [0.2, 0.25) is 0 Å². The molecule has 0 bridgehead atoms. The van der Waals surface area contributed by atoms with Gasteiger partial charge in [-0.3, -0.25) is 9.89 Å². The summed E-state index contributed by atoms with van der Waals surface area (Å²) in [6.07, 6.45) is 3.68. The Kier molecular flexibility index (Phi) is 10.5. The van der Waals surface area contributed by atoms with Crippen molar-refractivity contribution in [3.63, 3.8) is 0 Å². The first-order valence-electron chi connectivity index (χ1n) is 9.20. The average Bonchev–Trinajstić information content (AvgIpc) is 2.56. The summed E-state index contributed by atoms with van der Waals surface area (Å²) in [5.41, 5.74) is 0. The molecule has 1 unspecified atom stereocenters. The van der Waals surface area contributed by atoms with Crippen LogP contribution < -0.4 is 10.6 Å². The lowest BCUT2D eigenvalue weighted by atomic mass is 10.1. The van der Waals surface area contributed by atoms with Crippen molar-refractivity contribution in [1.29, 1.82) is 0 Å². The van der Waals surface area contributed by atoms with Gasteiger partial charge in [0.05, 0.1) is 0 Å². The van der Waals surface area contributed by atoms with E-state index in [2.05, 4.69) is 51.3 Å². The zero-order valence-electron chi connectivity index (χ0n) is 15.9. The van der Waals surface area contributed by atoms with E-state index in [-0.39, 0.29) is 24.0 Å². The highest BCUT2D eigenvalue weighted by atomic mass is 127. The first-order chi connectivity index (χ1) is 11.1. The first-order valence-corrected chi connectivity index (χ1v) is 9.20. The maximum Gasteiger partial charge on any atom is 0.191 e. The maximum atomic E-state index is 4.41. The van der Waals surface area contributed by atoms with Gasteiger partial charge < -0.3 is 20.4 Å². The van der Waals surface area contributed by atoms with E-state index in [9.17, 15) is 0 Å². The molecule has 2 heterocycles. The van der Waals surface area contributed by atoms with Crippen molar-refractivity contribution in [2.45, 2.75) is 38.3 Å². The van der Waals surface area contributed by atoms with Gasteiger partial charge in [0, 0.05) is 58.4 Å². The fourth-order valence-corrected chi connectivity index (χ4v) is 3.54. The van der Waals surface area contributed by atoms with Crippen molar-refractivity contribution in [3.8, 4) is 0 Å². The van der Waals surface area contributed by atoms with Crippen LogP contribution in [0.15, 0.2) is 4.99 Å². The Morgan fingerprint density at radius 3 is 2.46 bits per heavy atom. The van der Waals surface area contributed by atoms with Gasteiger partial charge in [-0.25, -0.2) is 0 Å². The van der Waals surface area contributed by atoms with E-state index in [4.69, 9.17) is 0 Å². The molecule has 0 aromatic rings. The second-order valence-corrected chi connectivity index (χ2v) is 7.11. The number of hydrogen-bond acceptors (Lipinski definition) is 4. The molecule has 2 rings (SSSR count). The number of rotatable bonds is 5. The quantitative estimate of drug-likeness (QED) is 0.369. The number of nitrogens with zero attached hydrogens (tertiary/aromatic N) is 4. The third-order valence-electron chi connectivity index (χ3n) is 5.18. The van der Waals surface area contributed by atoms with Crippen molar-refractivity contribution in [2.75, 3.05) is 67.0 Å². The van der Waals surface area contributed by atoms with E-state index in [1.54, 1.807) is 0 Å². The van der Waals surface area contributed by atoms with Gasteiger partial charge >= 0.3 is 0 Å². The van der Waals surface area contributed by atoms with E-state index in [0.29, 0.717) is 12.1 Å². The van der Waals surface area contributed by atoms with Crippen LogP contribution in [0.4, 0.5) is 0 Å². The molecule has 2 aliphatic rings. The minimum atomic E-state index is 0. The van der Waals surface area contributed by atoms with Crippen molar-refractivity contribution in [3.05, 3.63) is 0 Å². The van der Waals surface area contributed by atoms with Crippen LogP contribution in [0, 0.1) is 0 Å². The van der Waals surface area contributed by atoms with Crippen LogP contribution in [0.1, 0.15) is 26.2 Å². The third-order valence-corrected chi connectivity index (χ3v) is 5.18. The summed E-state index contributed by atoms with van der Waals surface area (Å²) >= 11 is 0. The number of aliphatic imine (C=N–C) groups is 1. The molecule has 24 heavy (non-hydrogen) atoms. The number of hydrogen-bond donors (Lipinski definition) is 2. The van der Waals surface area contributed by atoms with E-state index in [1.807, 2.05) is 7.05 Å². The molecule has 0 amide bonds. The molecule has 0 radical (unpaired) electrons. The lowest BCUT2D eigenvalue weighted by Crippen LogP contribution is -2.56. The lowest BCUT2D eigenvalue weighted by molar-refractivity contribution is 0.116. The zero-order chi connectivity index (χ0) is 16.7. The largest absolute Gasteiger partial charge is 0.355 e. The number of halogens is 1. The van der Waals surface area contributed by atoms with Gasteiger partial charge in [-0.1, -0.05) is 6.92 Å². The molecule has 0 aromatic carbocycles. The number of nitrogens with one attached hydrogen (secondary N) is 2. The maximum absolute atomic E-state index is 4.41. The molecule has 2 aliphatic heterocycles. The van der Waals surface area contributed by atoms with Gasteiger partial charge in [0.25, 0.3) is 0 Å². The normalized spacial score (nSPS) is 25.3. The number of piperazine rings is 1. The predicted molar refractivity (Wildman–Crippen MR) is 114 cm³/mol. The van der Waals surface area contributed by atoms with Crippen molar-refractivity contribution >= 4 is 29.9 Å². The van der Waals surface area contributed by atoms with Crippen LogP contribution in [0.3, 0.4) is 0 Å². The van der Waals surface area contributed by atoms with Gasteiger partial charge in [-0.05, 0) is 39.9 Å². The summed E-state index contributed by atoms with van der Waals surface area (Å²) in [6.45, 7) is 10.3. The molecule has 0 aromatic heterocycles. The van der Waals surface area contributed by atoms with Crippen LogP contribution >= 0.6 is 24.0 Å². The van der Waals surface area contributed by atoms with Gasteiger partial charge in [0.1, 0.15) is 0 Å². The Morgan fingerprint density at radius 2 is 1.83 bits per heavy atom. The molecule has 0 saturated carbocycles. The fourth-order valence-electron chi connectivity index (χ4n) is 3.54. The molecule has 0 aliphatic carbocycles. The van der Waals surface area contributed by atoms with Crippen molar-refractivity contribution in [2.24, 2.45) is 4.99 Å². The molecule has 1 atom stereocenters. The zero-order valence-corrected chi connectivity index (χ0v) is 18.3. The highest BCUT2D eigenvalue weighted by Crippen LogP contribution is 2.10. The minimum absolute atomic E-state index is 0. The Balaban J connectivity index is 0.00000288. The van der Waals surface area contributed by atoms with E-state index < -0.39 is 0 Å². The smallest absolute Gasteiger partial charge is 0.191 e. The Hall–Kier alpha value is -0.120. The summed E-state index contributed by atoms with van der Waals surface area (Å²) in [7, 11) is 6.30. The van der Waals surface area contributed by atoms with Gasteiger partial charge in [0.15, 0.2) is 5.96 Å². The SMILES string of the molecule is CCCN1CCC(NC(=NC)NCC2CN(C)CCN2C)CC1.I. The summed E-state index contributed by atoms with van der Waals surface area (Å²) in [5, 5.41) is 7.14.